The van der Waals surface area contributed by atoms with Crippen LogP contribution in [0.3, 0.4) is 0 Å². The average Bonchev–Trinajstić information content (AvgIpc) is 3.07. The molecule has 1 unspecified atom stereocenters. The van der Waals surface area contributed by atoms with Crippen LogP contribution in [0.1, 0.15) is 50.2 Å². The lowest BCUT2D eigenvalue weighted by atomic mass is 10.0. The number of ether oxygens (including phenoxy) is 2. The quantitative estimate of drug-likeness (QED) is 0.195. The summed E-state index contributed by atoms with van der Waals surface area (Å²) in [4.78, 5) is 29.2. The first-order valence-corrected chi connectivity index (χ1v) is 13.2. The van der Waals surface area contributed by atoms with Gasteiger partial charge in [0.15, 0.2) is 5.56 Å². The number of aryl methyl sites for hydroxylation is 2. The highest BCUT2D eigenvalue weighted by Gasteiger charge is 2.34. The molecule has 5 rings (SSSR count). The molecule has 0 saturated carbocycles. The summed E-state index contributed by atoms with van der Waals surface area (Å²) in [7, 11) is 1.56. The van der Waals surface area contributed by atoms with Crippen LogP contribution < -0.4 is 4.90 Å². The van der Waals surface area contributed by atoms with Gasteiger partial charge in [-0.3, -0.25) is 14.5 Å². The Hall–Kier alpha value is -3.19. The maximum absolute atomic E-state index is 12.7. The highest BCUT2D eigenvalue weighted by atomic mass is 35.5. The summed E-state index contributed by atoms with van der Waals surface area (Å²) in [5, 5.41) is 0. The third-order valence-corrected chi connectivity index (χ3v) is 7.36. The van der Waals surface area contributed by atoms with Gasteiger partial charge in [-0.15, -0.1) is 0 Å². The molecule has 0 radical (unpaired) electrons. The number of alkyl halides is 1. The minimum atomic E-state index is -0.466. The van der Waals surface area contributed by atoms with Gasteiger partial charge in [-0.2, -0.15) is 0 Å². The second-order valence-electron chi connectivity index (χ2n) is 9.42. The number of amides is 2. The van der Waals surface area contributed by atoms with Gasteiger partial charge in [0.2, 0.25) is 0 Å². The molecule has 0 saturated heterocycles. The van der Waals surface area contributed by atoms with E-state index in [-0.39, 0.29) is 11.8 Å². The fourth-order valence-corrected chi connectivity index (χ4v) is 5.20. The Kier molecular flexibility index (Phi) is 7.89. The van der Waals surface area contributed by atoms with Crippen molar-refractivity contribution >= 4 is 34.8 Å². The zero-order chi connectivity index (χ0) is 25.8. The molecule has 2 heterocycles. The maximum atomic E-state index is 12.7. The lowest BCUT2D eigenvalue weighted by Crippen LogP contribution is -2.31. The third kappa shape index (κ3) is 5.42. The summed E-state index contributed by atoms with van der Waals surface area (Å²) in [5.74, 6) is -0.383. The predicted octanol–water partition coefficient (Wildman–Crippen LogP) is 5.73. The summed E-state index contributed by atoms with van der Waals surface area (Å²) in [5.41, 5.74) is 6.63. The SMILES string of the molecule is COC(Cl)COCc1ccc2c(c1)N(CCCCN1C(=O)c3ccccc3C1=O)c1ccccc1CC2. The second-order valence-corrected chi connectivity index (χ2v) is 9.91. The van der Waals surface area contributed by atoms with E-state index in [2.05, 4.69) is 47.4 Å². The van der Waals surface area contributed by atoms with Gasteiger partial charge in [0.1, 0.15) is 0 Å². The zero-order valence-electron chi connectivity index (χ0n) is 21.0. The van der Waals surface area contributed by atoms with Gasteiger partial charge in [-0.25, -0.2) is 0 Å². The van der Waals surface area contributed by atoms with E-state index < -0.39 is 5.56 Å². The largest absolute Gasteiger partial charge is 0.373 e. The van der Waals surface area contributed by atoms with Crippen LogP contribution in [0.5, 0.6) is 0 Å². The fraction of sp³-hybridized carbons (Fsp3) is 0.333. The Morgan fingerprint density at radius 2 is 1.43 bits per heavy atom. The number of methoxy groups -OCH3 is 1. The van der Waals surface area contributed by atoms with Crippen molar-refractivity contribution in [3.8, 4) is 0 Å². The van der Waals surface area contributed by atoms with Crippen molar-refractivity contribution in [3.63, 3.8) is 0 Å². The van der Waals surface area contributed by atoms with Crippen molar-refractivity contribution in [1.29, 1.82) is 0 Å². The van der Waals surface area contributed by atoms with E-state index in [0.717, 1.165) is 37.8 Å². The number of hydrogen-bond acceptors (Lipinski definition) is 5. The molecule has 0 aromatic heterocycles. The molecule has 7 heteroatoms. The Labute approximate surface area is 222 Å². The minimum absolute atomic E-state index is 0.191. The van der Waals surface area contributed by atoms with Crippen LogP contribution in [0.15, 0.2) is 66.7 Å². The topological polar surface area (TPSA) is 59.1 Å². The molecule has 3 aromatic rings. The van der Waals surface area contributed by atoms with Crippen molar-refractivity contribution in [1.82, 2.24) is 4.90 Å². The highest BCUT2D eigenvalue weighted by Crippen LogP contribution is 2.37. The first kappa shape index (κ1) is 25.5. The van der Waals surface area contributed by atoms with Crippen LogP contribution in [-0.2, 0) is 28.9 Å². The zero-order valence-corrected chi connectivity index (χ0v) is 21.7. The van der Waals surface area contributed by atoms with E-state index in [0.29, 0.717) is 30.9 Å². The molecule has 2 aliphatic rings. The first-order valence-electron chi connectivity index (χ1n) is 12.7. The van der Waals surface area contributed by atoms with Crippen LogP contribution in [0.2, 0.25) is 0 Å². The smallest absolute Gasteiger partial charge is 0.261 e. The van der Waals surface area contributed by atoms with Crippen LogP contribution in [0, 0.1) is 0 Å². The number of benzene rings is 3. The third-order valence-electron chi connectivity index (χ3n) is 7.05. The molecule has 37 heavy (non-hydrogen) atoms. The Morgan fingerprint density at radius 1 is 0.811 bits per heavy atom. The number of rotatable bonds is 10. The molecule has 0 N–H and O–H groups in total. The van der Waals surface area contributed by atoms with E-state index in [4.69, 9.17) is 21.1 Å². The number of unbranched alkanes of at least 4 members (excludes halogenated alkanes) is 1. The van der Waals surface area contributed by atoms with Gasteiger partial charge in [-0.1, -0.05) is 54.1 Å². The van der Waals surface area contributed by atoms with Crippen molar-refractivity contribution in [2.75, 3.05) is 31.7 Å². The average molecular weight is 519 g/mol. The van der Waals surface area contributed by atoms with Gasteiger partial charge < -0.3 is 14.4 Å². The maximum Gasteiger partial charge on any atom is 0.261 e. The summed E-state index contributed by atoms with van der Waals surface area (Å²) in [6.07, 6.45) is 3.51. The van der Waals surface area contributed by atoms with Crippen LogP contribution in [0.25, 0.3) is 0 Å². The molecule has 192 valence electrons. The van der Waals surface area contributed by atoms with E-state index >= 15 is 0 Å². The number of carbonyl (C=O) groups excluding carboxylic acids is 2. The number of fused-ring (bicyclic) bond motifs is 3. The van der Waals surface area contributed by atoms with E-state index in [1.54, 1.807) is 31.4 Å². The number of para-hydroxylation sites is 1. The molecule has 0 aliphatic carbocycles. The molecule has 0 spiro atoms. The molecular formula is C30H31ClN2O4. The van der Waals surface area contributed by atoms with Crippen LogP contribution >= 0.6 is 11.6 Å². The standard InChI is InChI=1S/C30H31ClN2O4/c1-36-28(31)20-37-19-21-12-13-23-15-14-22-8-2-5-11-26(22)32(27(23)18-21)16-6-7-17-33-29(34)24-9-3-4-10-25(24)30(33)35/h2-5,8-13,18,28H,6-7,14-17,19-20H2,1H3. The number of carbonyl (C=O) groups is 2. The fourth-order valence-electron chi connectivity index (χ4n) is 5.11. The number of hydrogen-bond donors (Lipinski definition) is 0. The van der Waals surface area contributed by atoms with E-state index in [1.807, 2.05) is 0 Å². The monoisotopic (exact) mass is 518 g/mol. The second kappa shape index (κ2) is 11.5. The summed E-state index contributed by atoms with van der Waals surface area (Å²) < 4.78 is 10.8. The van der Waals surface area contributed by atoms with Gasteiger partial charge in [0, 0.05) is 31.6 Å². The Balaban J connectivity index is 1.29. The van der Waals surface area contributed by atoms with Crippen molar-refractivity contribution in [2.24, 2.45) is 0 Å². The van der Waals surface area contributed by atoms with Crippen molar-refractivity contribution in [2.45, 2.75) is 37.9 Å². The highest BCUT2D eigenvalue weighted by molar-refractivity contribution is 6.21. The molecule has 2 amide bonds. The van der Waals surface area contributed by atoms with Crippen molar-refractivity contribution in [3.05, 3.63) is 94.5 Å². The van der Waals surface area contributed by atoms with E-state index in [9.17, 15) is 9.59 Å². The summed E-state index contributed by atoms with van der Waals surface area (Å²) in [6, 6.07) is 22.1. The molecular weight excluding hydrogens is 488 g/mol. The lowest BCUT2D eigenvalue weighted by molar-refractivity contribution is 0.0415. The molecule has 3 aromatic carbocycles. The first-order chi connectivity index (χ1) is 18.1. The Morgan fingerprint density at radius 3 is 2.14 bits per heavy atom. The van der Waals surface area contributed by atoms with E-state index in [1.165, 1.54) is 27.4 Å². The Bertz CT molecular complexity index is 1260. The van der Waals surface area contributed by atoms with Crippen LogP contribution in [-0.4, -0.2) is 49.1 Å². The molecule has 1 atom stereocenters. The number of nitrogens with zero attached hydrogens (tertiary/aromatic N) is 2. The normalized spacial score (nSPS) is 15.3. The number of halogens is 1. The lowest BCUT2D eigenvalue weighted by Gasteiger charge is -2.28. The summed E-state index contributed by atoms with van der Waals surface area (Å²) in [6.45, 7) is 1.97. The molecule has 0 fully saturated rings. The molecule has 6 nitrogen and oxygen atoms in total. The van der Waals surface area contributed by atoms with Gasteiger partial charge in [-0.05, 0) is 66.6 Å². The van der Waals surface area contributed by atoms with Crippen molar-refractivity contribution < 1.29 is 19.1 Å². The molecule has 2 aliphatic heterocycles. The van der Waals surface area contributed by atoms with Gasteiger partial charge in [0.25, 0.3) is 11.8 Å². The number of anilines is 2. The predicted molar refractivity (Wildman–Crippen MR) is 145 cm³/mol. The summed E-state index contributed by atoms with van der Waals surface area (Å²) >= 11 is 6.01. The molecule has 0 bridgehead atoms. The minimum Gasteiger partial charge on any atom is -0.373 e. The number of imide groups is 1. The van der Waals surface area contributed by atoms with Gasteiger partial charge in [0.05, 0.1) is 24.3 Å². The van der Waals surface area contributed by atoms with Crippen LogP contribution in [0.4, 0.5) is 11.4 Å². The van der Waals surface area contributed by atoms with Gasteiger partial charge >= 0.3 is 0 Å².